The van der Waals surface area contributed by atoms with Gasteiger partial charge in [0, 0.05) is 5.69 Å². The van der Waals surface area contributed by atoms with Crippen LogP contribution in [0.1, 0.15) is 32.3 Å². The van der Waals surface area contributed by atoms with Gasteiger partial charge in [-0.15, -0.1) is 0 Å². The van der Waals surface area contributed by atoms with Gasteiger partial charge < -0.3 is 15.8 Å². The van der Waals surface area contributed by atoms with Crippen LogP contribution in [-0.2, 0) is 16.1 Å². The highest BCUT2D eigenvalue weighted by Gasteiger charge is 2.45. The summed E-state index contributed by atoms with van der Waals surface area (Å²) >= 11 is 0. The number of rotatable bonds is 5. The number of carbonyl (C=O) groups excluding carboxylic acids is 1. The zero-order valence-corrected chi connectivity index (χ0v) is 10.9. The summed E-state index contributed by atoms with van der Waals surface area (Å²) in [6.45, 7) is 4.60. The number of ether oxygens (including phenoxy) is 1. The summed E-state index contributed by atoms with van der Waals surface area (Å²) < 4.78 is 5.51. The smallest absolute Gasteiger partial charge is 0.244 e. The minimum Gasteiger partial charge on any atom is -0.374 e. The molecule has 2 rings (SSSR count). The number of benzene rings is 1. The van der Waals surface area contributed by atoms with Crippen molar-refractivity contribution < 1.29 is 9.53 Å². The number of amides is 1. The quantitative estimate of drug-likeness (QED) is 0.838. The van der Waals surface area contributed by atoms with Crippen molar-refractivity contribution in [1.29, 1.82) is 0 Å². The summed E-state index contributed by atoms with van der Waals surface area (Å²) in [6.07, 6.45) is 1.77. The average molecular weight is 248 g/mol. The van der Waals surface area contributed by atoms with Gasteiger partial charge in [0.1, 0.15) is 0 Å². The molecule has 0 atom stereocenters. The second-order valence-corrected chi connectivity index (χ2v) is 5.17. The van der Waals surface area contributed by atoms with E-state index in [1.165, 1.54) is 0 Å². The lowest BCUT2D eigenvalue weighted by molar-refractivity contribution is -0.118. The fourth-order valence-corrected chi connectivity index (χ4v) is 1.56. The van der Waals surface area contributed by atoms with Crippen LogP contribution in [0.15, 0.2) is 24.3 Å². The van der Waals surface area contributed by atoms with Gasteiger partial charge in [0.15, 0.2) is 0 Å². The van der Waals surface area contributed by atoms with Gasteiger partial charge in [0.2, 0.25) is 5.91 Å². The van der Waals surface area contributed by atoms with E-state index >= 15 is 0 Å². The van der Waals surface area contributed by atoms with Gasteiger partial charge in [-0.25, -0.2) is 0 Å². The Hall–Kier alpha value is -1.39. The van der Waals surface area contributed by atoms with Crippen LogP contribution in [0.5, 0.6) is 0 Å². The molecule has 4 heteroatoms. The predicted octanol–water partition coefficient (Wildman–Crippen LogP) is 2.04. The molecule has 3 N–H and O–H groups in total. The van der Waals surface area contributed by atoms with Crippen molar-refractivity contribution in [3.63, 3.8) is 0 Å². The normalized spacial score (nSPS) is 16.7. The molecule has 1 aromatic rings. The Labute approximate surface area is 108 Å². The van der Waals surface area contributed by atoms with Crippen LogP contribution in [0.2, 0.25) is 0 Å². The maximum atomic E-state index is 11.7. The highest BCUT2D eigenvalue weighted by Crippen LogP contribution is 2.33. The lowest BCUT2D eigenvalue weighted by Crippen LogP contribution is -2.37. The third kappa shape index (κ3) is 3.31. The largest absolute Gasteiger partial charge is 0.374 e. The molecular weight excluding hydrogens is 228 g/mol. The Morgan fingerprint density at radius 3 is 2.50 bits per heavy atom. The molecule has 0 spiro atoms. The van der Waals surface area contributed by atoms with Gasteiger partial charge in [-0.1, -0.05) is 12.1 Å². The first-order chi connectivity index (χ1) is 8.49. The molecule has 1 fully saturated rings. The first-order valence-electron chi connectivity index (χ1n) is 6.30. The standard InChI is InChI=1S/C14H20N2O2/c1-10(2)18-9-11-3-5-12(6-4-11)16-13(17)14(15)7-8-14/h3-6,10H,7-9,15H2,1-2H3,(H,16,17). The summed E-state index contributed by atoms with van der Waals surface area (Å²) in [5, 5.41) is 2.83. The van der Waals surface area contributed by atoms with E-state index in [-0.39, 0.29) is 12.0 Å². The molecule has 0 aromatic heterocycles. The first-order valence-corrected chi connectivity index (χ1v) is 6.30. The second kappa shape index (κ2) is 5.08. The van der Waals surface area contributed by atoms with Crippen molar-refractivity contribution in [2.45, 2.75) is 44.9 Å². The molecule has 0 aliphatic heterocycles. The molecule has 0 bridgehead atoms. The monoisotopic (exact) mass is 248 g/mol. The van der Waals surface area contributed by atoms with E-state index in [2.05, 4.69) is 5.32 Å². The van der Waals surface area contributed by atoms with Crippen LogP contribution in [0.25, 0.3) is 0 Å². The number of hydrogen-bond donors (Lipinski definition) is 2. The minimum atomic E-state index is -0.626. The van der Waals surface area contributed by atoms with Crippen LogP contribution in [0.4, 0.5) is 5.69 Å². The van der Waals surface area contributed by atoms with Crippen LogP contribution in [-0.4, -0.2) is 17.6 Å². The number of hydrogen-bond acceptors (Lipinski definition) is 3. The highest BCUT2D eigenvalue weighted by molar-refractivity contribution is 6.00. The van der Waals surface area contributed by atoms with E-state index in [0.717, 1.165) is 24.1 Å². The maximum Gasteiger partial charge on any atom is 0.244 e. The van der Waals surface area contributed by atoms with Gasteiger partial charge in [0.25, 0.3) is 0 Å². The molecule has 1 amide bonds. The van der Waals surface area contributed by atoms with E-state index < -0.39 is 5.54 Å². The summed E-state index contributed by atoms with van der Waals surface area (Å²) in [5.41, 5.74) is 7.07. The van der Waals surface area contributed by atoms with Crippen LogP contribution < -0.4 is 11.1 Å². The summed E-state index contributed by atoms with van der Waals surface area (Å²) in [7, 11) is 0. The van der Waals surface area contributed by atoms with Crippen molar-refractivity contribution in [2.24, 2.45) is 5.73 Å². The zero-order chi connectivity index (χ0) is 13.2. The van der Waals surface area contributed by atoms with Crippen molar-refractivity contribution in [3.05, 3.63) is 29.8 Å². The summed E-state index contributed by atoms with van der Waals surface area (Å²) in [6, 6.07) is 7.66. The Bertz CT molecular complexity index is 422. The Morgan fingerprint density at radius 2 is 2.00 bits per heavy atom. The highest BCUT2D eigenvalue weighted by atomic mass is 16.5. The van der Waals surface area contributed by atoms with Gasteiger partial charge in [-0.3, -0.25) is 4.79 Å². The number of anilines is 1. The zero-order valence-electron chi connectivity index (χ0n) is 10.9. The molecule has 0 radical (unpaired) electrons. The fraction of sp³-hybridized carbons (Fsp3) is 0.500. The third-order valence-corrected chi connectivity index (χ3v) is 3.04. The molecule has 1 aliphatic carbocycles. The molecule has 98 valence electrons. The van der Waals surface area contributed by atoms with E-state index in [9.17, 15) is 4.79 Å². The Kier molecular flexibility index (Phi) is 3.68. The molecule has 4 nitrogen and oxygen atoms in total. The minimum absolute atomic E-state index is 0.0892. The van der Waals surface area contributed by atoms with E-state index in [4.69, 9.17) is 10.5 Å². The van der Waals surface area contributed by atoms with Crippen LogP contribution in [0.3, 0.4) is 0 Å². The molecule has 1 saturated carbocycles. The van der Waals surface area contributed by atoms with Gasteiger partial charge >= 0.3 is 0 Å². The average Bonchev–Trinajstić information content (AvgIpc) is 3.08. The second-order valence-electron chi connectivity index (χ2n) is 5.17. The third-order valence-electron chi connectivity index (χ3n) is 3.04. The van der Waals surface area contributed by atoms with Gasteiger partial charge in [0.05, 0.1) is 18.2 Å². The molecule has 0 saturated heterocycles. The van der Waals surface area contributed by atoms with E-state index in [1.54, 1.807) is 0 Å². The molecule has 1 aromatic carbocycles. The first kappa shape index (κ1) is 13.1. The van der Waals surface area contributed by atoms with Crippen molar-refractivity contribution in [3.8, 4) is 0 Å². The summed E-state index contributed by atoms with van der Waals surface area (Å²) in [5.74, 6) is -0.0892. The number of nitrogens with one attached hydrogen (secondary N) is 1. The number of carbonyl (C=O) groups is 1. The van der Waals surface area contributed by atoms with Gasteiger partial charge in [-0.05, 0) is 44.4 Å². The predicted molar refractivity (Wildman–Crippen MR) is 71.1 cm³/mol. The van der Waals surface area contributed by atoms with Crippen LogP contribution in [0, 0.1) is 0 Å². The van der Waals surface area contributed by atoms with Crippen molar-refractivity contribution >= 4 is 11.6 Å². The van der Waals surface area contributed by atoms with Gasteiger partial charge in [-0.2, -0.15) is 0 Å². The van der Waals surface area contributed by atoms with Crippen molar-refractivity contribution in [1.82, 2.24) is 0 Å². The van der Waals surface area contributed by atoms with E-state index in [1.807, 2.05) is 38.1 Å². The molecule has 18 heavy (non-hydrogen) atoms. The van der Waals surface area contributed by atoms with Crippen molar-refractivity contribution in [2.75, 3.05) is 5.32 Å². The van der Waals surface area contributed by atoms with Crippen LogP contribution >= 0.6 is 0 Å². The summed E-state index contributed by atoms with van der Waals surface area (Å²) in [4.78, 5) is 11.7. The molecule has 1 aliphatic rings. The SMILES string of the molecule is CC(C)OCc1ccc(NC(=O)C2(N)CC2)cc1. The lowest BCUT2D eigenvalue weighted by Gasteiger charge is -2.11. The topological polar surface area (TPSA) is 64.3 Å². The Morgan fingerprint density at radius 1 is 1.39 bits per heavy atom. The lowest BCUT2D eigenvalue weighted by atomic mass is 10.2. The maximum absolute atomic E-state index is 11.7. The molecule has 0 unspecified atom stereocenters. The fourth-order valence-electron chi connectivity index (χ4n) is 1.56. The molecule has 0 heterocycles. The number of nitrogens with two attached hydrogens (primary N) is 1. The molecular formula is C14H20N2O2. The van der Waals surface area contributed by atoms with E-state index in [0.29, 0.717) is 6.61 Å². The Balaban J connectivity index is 1.89.